The van der Waals surface area contributed by atoms with Crippen molar-refractivity contribution in [2.45, 2.75) is 20.8 Å². The van der Waals surface area contributed by atoms with Gasteiger partial charge in [-0.25, -0.2) is 0 Å². The molecule has 0 aromatic carbocycles. The quantitative estimate of drug-likeness (QED) is 0.519. The molecule has 0 saturated carbocycles. The Kier molecular flexibility index (Phi) is 1.57. The van der Waals surface area contributed by atoms with E-state index in [2.05, 4.69) is 10.5 Å². The minimum absolute atomic E-state index is 0.414. The average molecular weight is 137 g/mol. The Hall–Kier alpha value is -1.12. The molecule has 0 aromatic heterocycles. The summed E-state index contributed by atoms with van der Waals surface area (Å²) in [7, 11) is 0. The van der Waals surface area contributed by atoms with Gasteiger partial charge in [-0.1, -0.05) is 5.57 Å². The number of hydrogen-bond donors (Lipinski definition) is 2. The van der Waals surface area contributed by atoms with Crippen LogP contribution in [0.25, 0.3) is 0 Å². The first-order valence-electron chi connectivity index (χ1n) is 3.20. The maximum atomic E-state index is 7.38. The monoisotopic (exact) mass is 137 g/mol. The molecule has 3 nitrogen and oxygen atoms in total. The van der Waals surface area contributed by atoms with Crippen LogP contribution in [0.1, 0.15) is 20.8 Å². The molecule has 1 aliphatic rings. The van der Waals surface area contributed by atoms with Crippen molar-refractivity contribution < 1.29 is 0 Å². The highest BCUT2D eigenvalue weighted by Gasteiger charge is 2.15. The zero-order valence-electron chi connectivity index (χ0n) is 6.45. The number of nitrogens with one attached hydrogen (secondary N) is 2. The summed E-state index contributed by atoms with van der Waals surface area (Å²) in [6.45, 7) is 5.86. The summed E-state index contributed by atoms with van der Waals surface area (Å²) in [4.78, 5) is 0. The lowest BCUT2D eigenvalue weighted by molar-refractivity contribution is 1.04. The van der Waals surface area contributed by atoms with Crippen LogP contribution in [0.2, 0.25) is 0 Å². The molecule has 54 valence electrons. The summed E-state index contributed by atoms with van der Waals surface area (Å²) in [6.07, 6.45) is 0. The molecule has 0 radical (unpaired) electrons. The SMILES string of the molecule is CC1=NNC(=N)C1=C(C)C. The minimum atomic E-state index is 0.414. The van der Waals surface area contributed by atoms with E-state index in [1.165, 1.54) is 0 Å². The Balaban J connectivity index is 3.07. The molecule has 0 amide bonds. The third kappa shape index (κ3) is 0.943. The predicted molar refractivity (Wildman–Crippen MR) is 42.3 cm³/mol. The molecule has 1 rings (SSSR count). The molecule has 0 aliphatic carbocycles. The van der Waals surface area contributed by atoms with Crippen LogP contribution in [0.5, 0.6) is 0 Å². The van der Waals surface area contributed by atoms with Crippen LogP contribution in [-0.2, 0) is 0 Å². The first kappa shape index (κ1) is 6.99. The molecule has 0 atom stereocenters. The second-order valence-electron chi connectivity index (χ2n) is 2.56. The molecule has 0 saturated heterocycles. The number of hydrazone groups is 1. The standard InChI is InChI=1S/C7H11N3/c1-4(2)6-5(3)9-10-7(6)8/h1-3H3,(H2,8,10). The van der Waals surface area contributed by atoms with E-state index in [4.69, 9.17) is 5.41 Å². The number of nitrogens with zero attached hydrogens (tertiary/aromatic N) is 1. The van der Waals surface area contributed by atoms with E-state index in [-0.39, 0.29) is 0 Å². The third-order valence-electron chi connectivity index (χ3n) is 1.45. The van der Waals surface area contributed by atoms with Gasteiger partial charge in [-0.2, -0.15) is 5.10 Å². The maximum absolute atomic E-state index is 7.38. The minimum Gasteiger partial charge on any atom is -0.283 e. The lowest BCUT2D eigenvalue weighted by Crippen LogP contribution is -2.12. The smallest absolute Gasteiger partial charge is 0.147 e. The first-order valence-corrected chi connectivity index (χ1v) is 3.20. The van der Waals surface area contributed by atoms with Crippen molar-refractivity contribution in [3.05, 3.63) is 11.1 Å². The molecule has 3 heteroatoms. The van der Waals surface area contributed by atoms with Gasteiger partial charge in [-0.15, -0.1) is 0 Å². The van der Waals surface area contributed by atoms with E-state index >= 15 is 0 Å². The topological polar surface area (TPSA) is 48.2 Å². The van der Waals surface area contributed by atoms with Gasteiger partial charge >= 0.3 is 0 Å². The zero-order chi connectivity index (χ0) is 7.72. The molecule has 0 unspecified atom stereocenters. The van der Waals surface area contributed by atoms with Crippen molar-refractivity contribution in [2.75, 3.05) is 0 Å². The zero-order valence-corrected chi connectivity index (χ0v) is 6.45. The molecule has 0 bridgehead atoms. The van der Waals surface area contributed by atoms with Crippen molar-refractivity contribution in [1.82, 2.24) is 5.43 Å². The van der Waals surface area contributed by atoms with E-state index < -0.39 is 0 Å². The fraction of sp³-hybridized carbons (Fsp3) is 0.429. The lowest BCUT2D eigenvalue weighted by atomic mass is 10.1. The predicted octanol–water partition coefficient (Wildman–Crippen LogP) is 1.28. The molecule has 1 heterocycles. The van der Waals surface area contributed by atoms with Crippen LogP contribution in [0.3, 0.4) is 0 Å². The Bertz CT molecular complexity index is 231. The van der Waals surface area contributed by atoms with Crippen LogP contribution in [0.4, 0.5) is 0 Å². The van der Waals surface area contributed by atoms with E-state index in [9.17, 15) is 0 Å². The highest BCUT2D eigenvalue weighted by molar-refractivity contribution is 6.25. The Morgan fingerprint density at radius 3 is 2.30 bits per heavy atom. The van der Waals surface area contributed by atoms with Gasteiger partial charge in [0.15, 0.2) is 0 Å². The van der Waals surface area contributed by atoms with Crippen molar-refractivity contribution in [3.8, 4) is 0 Å². The van der Waals surface area contributed by atoms with Crippen LogP contribution in [0, 0.1) is 5.41 Å². The maximum Gasteiger partial charge on any atom is 0.147 e. The molecule has 0 spiro atoms. The summed E-state index contributed by atoms with van der Waals surface area (Å²) >= 11 is 0. The Morgan fingerprint density at radius 2 is 2.10 bits per heavy atom. The number of allylic oxidation sites excluding steroid dienone is 1. The van der Waals surface area contributed by atoms with E-state index in [0.29, 0.717) is 5.84 Å². The van der Waals surface area contributed by atoms with Crippen molar-refractivity contribution in [2.24, 2.45) is 5.10 Å². The average Bonchev–Trinajstić information content (AvgIpc) is 2.11. The van der Waals surface area contributed by atoms with Gasteiger partial charge in [0.05, 0.1) is 5.71 Å². The molecule has 1 aliphatic heterocycles. The van der Waals surface area contributed by atoms with Crippen LogP contribution < -0.4 is 5.43 Å². The van der Waals surface area contributed by atoms with Crippen LogP contribution in [-0.4, -0.2) is 11.5 Å². The van der Waals surface area contributed by atoms with Gasteiger partial charge in [-0.05, 0) is 20.8 Å². The summed E-state index contributed by atoms with van der Waals surface area (Å²) < 4.78 is 0. The first-order chi connectivity index (χ1) is 4.63. The molecule has 0 fully saturated rings. The third-order valence-corrected chi connectivity index (χ3v) is 1.45. The van der Waals surface area contributed by atoms with Gasteiger partial charge in [0.25, 0.3) is 0 Å². The fourth-order valence-electron chi connectivity index (χ4n) is 1.04. The second-order valence-corrected chi connectivity index (χ2v) is 2.56. The van der Waals surface area contributed by atoms with Gasteiger partial charge in [0.2, 0.25) is 0 Å². The van der Waals surface area contributed by atoms with Gasteiger partial charge in [0, 0.05) is 5.57 Å². The van der Waals surface area contributed by atoms with Crippen LogP contribution in [0.15, 0.2) is 16.2 Å². The van der Waals surface area contributed by atoms with E-state index in [1.54, 1.807) is 0 Å². The van der Waals surface area contributed by atoms with Crippen LogP contribution >= 0.6 is 0 Å². The van der Waals surface area contributed by atoms with Gasteiger partial charge in [0.1, 0.15) is 5.84 Å². The molecule has 2 N–H and O–H groups in total. The fourth-order valence-corrected chi connectivity index (χ4v) is 1.04. The number of rotatable bonds is 0. The lowest BCUT2D eigenvalue weighted by Gasteiger charge is -1.98. The summed E-state index contributed by atoms with van der Waals surface area (Å²) in [5.74, 6) is 0.414. The summed E-state index contributed by atoms with van der Waals surface area (Å²) in [5, 5.41) is 11.3. The second kappa shape index (κ2) is 2.25. The van der Waals surface area contributed by atoms with E-state index in [0.717, 1.165) is 16.9 Å². The number of hydrogen-bond acceptors (Lipinski definition) is 2. The van der Waals surface area contributed by atoms with Gasteiger partial charge < -0.3 is 0 Å². The largest absolute Gasteiger partial charge is 0.283 e. The van der Waals surface area contributed by atoms with Crippen molar-refractivity contribution in [1.29, 1.82) is 5.41 Å². The Morgan fingerprint density at radius 1 is 1.50 bits per heavy atom. The van der Waals surface area contributed by atoms with Gasteiger partial charge in [-0.3, -0.25) is 10.8 Å². The Labute approximate surface area is 60.3 Å². The molecule has 10 heavy (non-hydrogen) atoms. The van der Waals surface area contributed by atoms with E-state index in [1.807, 2.05) is 20.8 Å². The molecular weight excluding hydrogens is 126 g/mol. The highest BCUT2D eigenvalue weighted by Crippen LogP contribution is 2.10. The number of amidine groups is 1. The highest BCUT2D eigenvalue weighted by atomic mass is 15.3. The molecule has 0 aromatic rings. The molecular formula is C7H11N3. The summed E-state index contributed by atoms with van der Waals surface area (Å²) in [5.41, 5.74) is 5.60. The normalized spacial score (nSPS) is 16.9. The van der Waals surface area contributed by atoms with Crippen molar-refractivity contribution >= 4 is 11.5 Å². The summed E-state index contributed by atoms with van der Waals surface area (Å²) in [6, 6.07) is 0. The van der Waals surface area contributed by atoms with Crippen molar-refractivity contribution in [3.63, 3.8) is 0 Å².